The highest BCUT2D eigenvalue weighted by Crippen LogP contribution is 2.10. The van der Waals surface area contributed by atoms with E-state index in [0.717, 1.165) is 0 Å². The van der Waals surface area contributed by atoms with E-state index in [0.29, 0.717) is 132 Å². The normalized spacial score (nSPS) is 11.6. The Morgan fingerprint density at radius 1 is 0.418 bits per heavy atom. The van der Waals surface area contributed by atoms with Crippen LogP contribution in [0.3, 0.4) is 0 Å². The number of ether oxygens (including phenoxy) is 12. The lowest BCUT2D eigenvalue weighted by Crippen LogP contribution is -2.17. The predicted molar refractivity (Wildman–Crippen MR) is 191 cm³/mol. The molecule has 1 aromatic rings. The number of carbonyl (C=O) groups excluding carboxylic acids is 2. The van der Waals surface area contributed by atoms with Gasteiger partial charge in [0.1, 0.15) is 6.61 Å². The topological polar surface area (TPSA) is 226 Å². The molecule has 0 amide bonds. The molecule has 0 atom stereocenters. The molecular weight excluding hydrogens is 756 g/mol. The molecule has 318 valence electrons. The zero-order valence-corrected chi connectivity index (χ0v) is 32.3. The molecule has 19 nitrogen and oxygen atoms in total. The summed E-state index contributed by atoms with van der Waals surface area (Å²) < 4.78 is 93.2. The Labute approximate surface area is 323 Å². The standard InChI is InChI=1S/C35H58O19S/c36-33(35(38)39)6-7-34(37)53-30-28-51-26-24-49-22-20-47-18-16-45-14-12-43-10-8-42-9-11-44-13-15-46-17-19-48-21-23-50-25-27-52-29-31-54-55(40,41)32-4-2-1-3-5-32/h1-5H,6-31H2,(H,38,39). The van der Waals surface area contributed by atoms with E-state index in [4.69, 9.17) is 66.1 Å². The fourth-order valence-corrected chi connectivity index (χ4v) is 4.68. The molecule has 0 aliphatic heterocycles. The highest BCUT2D eigenvalue weighted by atomic mass is 32.2. The van der Waals surface area contributed by atoms with E-state index in [1.54, 1.807) is 18.2 Å². The van der Waals surface area contributed by atoms with E-state index in [2.05, 4.69) is 0 Å². The summed E-state index contributed by atoms with van der Waals surface area (Å²) in [4.78, 5) is 32.8. The van der Waals surface area contributed by atoms with Gasteiger partial charge in [-0.05, 0) is 12.1 Å². The van der Waals surface area contributed by atoms with Gasteiger partial charge >= 0.3 is 11.9 Å². The number of carbonyl (C=O) groups is 3. The van der Waals surface area contributed by atoms with Crippen LogP contribution in [0.5, 0.6) is 0 Å². The van der Waals surface area contributed by atoms with Crippen molar-refractivity contribution in [2.24, 2.45) is 0 Å². The highest BCUT2D eigenvalue weighted by Gasteiger charge is 2.15. The zero-order chi connectivity index (χ0) is 39.9. The van der Waals surface area contributed by atoms with E-state index in [9.17, 15) is 22.8 Å². The molecule has 0 aliphatic carbocycles. The number of rotatable bonds is 42. The van der Waals surface area contributed by atoms with Crippen molar-refractivity contribution in [2.75, 3.05) is 159 Å². The number of ketones is 1. The molecule has 0 saturated carbocycles. The van der Waals surface area contributed by atoms with Crippen LogP contribution in [0.25, 0.3) is 0 Å². The molecule has 0 unspecified atom stereocenters. The van der Waals surface area contributed by atoms with Crippen LogP contribution in [0, 0.1) is 0 Å². The molecular formula is C35H58O19S. The first kappa shape index (κ1) is 50.3. The summed E-state index contributed by atoms with van der Waals surface area (Å²) >= 11 is 0. The second kappa shape index (κ2) is 36.9. The number of esters is 1. The van der Waals surface area contributed by atoms with Crippen LogP contribution in [0.15, 0.2) is 35.2 Å². The summed E-state index contributed by atoms with van der Waals surface area (Å²) in [6, 6.07) is 7.93. The molecule has 0 radical (unpaired) electrons. The van der Waals surface area contributed by atoms with Gasteiger partial charge < -0.3 is 61.9 Å². The maximum atomic E-state index is 12.0. The quantitative estimate of drug-likeness (QED) is 0.0412. The third-order valence-electron chi connectivity index (χ3n) is 6.50. The molecule has 55 heavy (non-hydrogen) atoms. The molecule has 0 saturated heterocycles. The lowest BCUT2D eigenvalue weighted by Gasteiger charge is -2.09. The number of benzene rings is 1. The first-order chi connectivity index (χ1) is 26.8. The number of carboxylic acid groups (broad SMARTS) is 1. The van der Waals surface area contributed by atoms with Gasteiger partial charge in [0.15, 0.2) is 0 Å². The molecule has 1 aromatic carbocycles. The average molecular weight is 815 g/mol. The van der Waals surface area contributed by atoms with Crippen molar-refractivity contribution in [3.05, 3.63) is 30.3 Å². The number of carboxylic acids is 1. The van der Waals surface area contributed by atoms with E-state index in [-0.39, 0.29) is 37.7 Å². The van der Waals surface area contributed by atoms with Crippen molar-refractivity contribution in [3.8, 4) is 0 Å². The summed E-state index contributed by atoms with van der Waals surface area (Å²) in [7, 11) is -3.77. The molecule has 1 rings (SSSR count). The van der Waals surface area contributed by atoms with Gasteiger partial charge in [0, 0.05) is 6.42 Å². The Bertz CT molecular complexity index is 1170. The van der Waals surface area contributed by atoms with E-state index in [1.807, 2.05) is 0 Å². The smallest absolute Gasteiger partial charge is 0.372 e. The third-order valence-corrected chi connectivity index (χ3v) is 7.83. The fraction of sp³-hybridized carbons (Fsp3) is 0.743. The first-order valence-corrected chi connectivity index (χ1v) is 19.4. The van der Waals surface area contributed by atoms with Crippen LogP contribution >= 0.6 is 0 Å². The van der Waals surface area contributed by atoms with E-state index >= 15 is 0 Å². The second-order valence-electron chi connectivity index (χ2n) is 10.8. The number of hydrogen-bond acceptors (Lipinski definition) is 18. The Morgan fingerprint density at radius 3 is 1.02 bits per heavy atom. The van der Waals surface area contributed by atoms with Gasteiger partial charge in [-0.1, -0.05) is 18.2 Å². The van der Waals surface area contributed by atoms with E-state index in [1.165, 1.54) is 12.1 Å². The van der Waals surface area contributed by atoms with Gasteiger partial charge in [-0.15, -0.1) is 0 Å². The van der Waals surface area contributed by atoms with Crippen LogP contribution in [0.1, 0.15) is 12.8 Å². The largest absolute Gasteiger partial charge is 0.476 e. The Morgan fingerprint density at radius 2 is 0.709 bits per heavy atom. The van der Waals surface area contributed by atoms with Gasteiger partial charge in [-0.3, -0.25) is 13.8 Å². The Kier molecular flexibility index (Phi) is 33.8. The Hall–Kier alpha value is -2.70. The molecule has 0 aromatic heterocycles. The second-order valence-corrected chi connectivity index (χ2v) is 12.4. The summed E-state index contributed by atoms with van der Waals surface area (Å²) in [6.07, 6.45) is -0.675. The highest BCUT2D eigenvalue weighted by molar-refractivity contribution is 7.86. The predicted octanol–water partition coefficient (Wildman–Crippen LogP) is 0.552. The van der Waals surface area contributed by atoms with Gasteiger partial charge in [-0.25, -0.2) is 4.79 Å². The van der Waals surface area contributed by atoms with Crippen molar-refractivity contribution in [1.29, 1.82) is 0 Å². The molecule has 0 fully saturated rings. The summed E-state index contributed by atoms with van der Waals surface area (Å²) in [5, 5.41) is 8.45. The summed E-state index contributed by atoms with van der Waals surface area (Å²) in [5.41, 5.74) is 0. The minimum atomic E-state index is -3.77. The van der Waals surface area contributed by atoms with Crippen LogP contribution < -0.4 is 0 Å². The molecule has 0 aliphatic rings. The van der Waals surface area contributed by atoms with Gasteiger partial charge in [0.2, 0.25) is 5.78 Å². The zero-order valence-electron chi connectivity index (χ0n) is 31.5. The minimum Gasteiger partial charge on any atom is -0.476 e. The van der Waals surface area contributed by atoms with E-state index < -0.39 is 34.3 Å². The minimum absolute atomic E-state index is 0.00455. The SMILES string of the molecule is O=C(CCC(=O)C(=O)O)OCCOCCOCCOCCOCCOCCOCCOCCOCCOCCOCCOCCOS(=O)(=O)c1ccccc1. The van der Waals surface area contributed by atoms with Gasteiger partial charge in [0.25, 0.3) is 10.1 Å². The Balaban J connectivity index is 1.66. The van der Waals surface area contributed by atoms with Gasteiger partial charge in [-0.2, -0.15) is 8.42 Å². The third kappa shape index (κ3) is 33.2. The van der Waals surface area contributed by atoms with Crippen LogP contribution in [0.4, 0.5) is 0 Å². The van der Waals surface area contributed by atoms with Crippen molar-refractivity contribution in [3.63, 3.8) is 0 Å². The van der Waals surface area contributed by atoms with Crippen molar-refractivity contribution >= 4 is 27.8 Å². The van der Waals surface area contributed by atoms with Crippen LogP contribution in [-0.2, 0) is 85.5 Å². The fourth-order valence-electron chi connectivity index (χ4n) is 3.77. The maximum Gasteiger partial charge on any atom is 0.372 e. The lowest BCUT2D eigenvalue weighted by molar-refractivity contribution is -0.151. The number of hydrogen-bond donors (Lipinski definition) is 1. The first-order valence-electron chi connectivity index (χ1n) is 18.0. The maximum absolute atomic E-state index is 12.0. The van der Waals surface area contributed by atoms with Crippen molar-refractivity contribution in [1.82, 2.24) is 0 Å². The van der Waals surface area contributed by atoms with Crippen LogP contribution in [0.2, 0.25) is 0 Å². The number of Topliss-reactive ketones (excluding diaryl/α,β-unsaturated/α-hetero) is 1. The number of aliphatic carboxylic acids is 1. The summed E-state index contributed by atoms with van der Waals surface area (Å²) in [6.45, 7) is 8.47. The van der Waals surface area contributed by atoms with Crippen molar-refractivity contribution in [2.45, 2.75) is 17.7 Å². The molecule has 0 spiro atoms. The molecule has 1 N–H and O–H groups in total. The lowest BCUT2D eigenvalue weighted by atomic mass is 10.2. The monoisotopic (exact) mass is 814 g/mol. The molecule has 0 bridgehead atoms. The van der Waals surface area contributed by atoms with Crippen molar-refractivity contribution < 1.29 is 88.9 Å². The molecule has 0 heterocycles. The van der Waals surface area contributed by atoms with Crippen LogP contribution in [-0.4, -0.2) is 190 Å². The summed E-state index contributed by atoms with van der Waals surface area (Å²) in [5.74, 6) is -3.26. The average Bonchev–Trinajstić information content (AvgIpc) is 3.18. The molecule has 20 heteroatoms. The van der Waals surface area contributed by atoms with Gasteiger partial charge in [0.05, 0.1) is 163 Å².